The molecule has 0 bridgehead atoms. The van der Waals surface area contributed by atoms with Gasteiger partial charge in [0.05, 0.1) is 24.7 Å². The number of ether oxygens (including phenoxy) is 1. The largest absolute Gasteiger partial charge is 0.394 e. The summed E-state index contributed by atoms with van der Waals surface area (Å²) < 4.78 is 5.53. The molecule has 1 aromatic carbocycles. The zero-order valence-electron chi connectivity index (χ0n) is 11.2. The van der Waals surface area contributed by atoms with Crippen LogP contribution in [0.15, 0.2) is 30.3 Å². The third-order valence-corrected chi connectivity index (χ3v) is 3.65. The third-order valence-electron chi connectivity index (χ3n) is 3.65. The van der Waals surface area contributed by atoms with Crippen LogP contribution in [0.3, 0.4) is 0 Å². The fourth-order valence-electron chi connectivity index (χ4n) is 2.55. The fourth-order valence-corrected chi connectivity index (χ4v) is 2.55. The molecule has 19 heavy (non-hydrogen) atoms. The smallest absolute Gasteiger partial charge is 0.226 e. The first-order valence-electron chi connectivity index (χ1n) is 6.84. The highest BCUT2D eigenvalue weighted by atomic mass is 16.5. The van der Waals surface area contributed by atoms with Gasteiger partial charge >= 0.3 is 0 Å². The maximum atomic E-state index is 12.3. The molecule has 104 valence electrons. The van der Waals surface area contributed by atoms with E-state index in [-0.39, 0.29) is 30.6 Å². The Bertz CT molecular complexity index is 407. The van der Waals surface area contributed by atoms with Crippen molar-refractivity contribution in [1.82, 2.24) is 5.32 Å². The minimum absolute atomic E-state index is 0.00937. The molecular weight excluding hydrogens is 242 g/mol. The number of hydrogen-bond donors (Lipinski definition) is 2. The van der Waals surface area contributed by atoms with Crippen LogP contribution in [-0.2, 0) is 9.53 Å². The Morgan fingerprint density at radius 2 is 2.21 bits per heavy atom. The molecule has 2 rings (SSSR count). The van der Waals surface area contributed by atoms with Gasteiger partial charge in [0.2, 0.25) is 5.91 Å². The van der Waals surface area contributed by atoms with Gasteiger partial charge in [-0.25, -0.2) is 0 Å². The number of rotatable bonds is 5. The summed E-state index contributed by atoms with van der Waals surface area (Å²) in [4.78, 5) is 12.3. The second-order valence-electron chi connectivity index (χ2n) is 4.87. The maximum absolute atomic E-state index is 12.3. The Hall–Kier alpha value is -1.39. The summed E-state index contributed by atoms with van der Waals surface area (Å²) in [5, 5.41) is 12.4. The van der Waals surface area contributed by atoms with Crippen LogP contribution in [0, 0.1) is 5.92 Å². The van der Waals surface area contributed by atoms with Crippen LogP contribution < -0.4 is 5.32 Å². The van der Waals surface area contributed by atoms with Gasteiger partial charge in [-0.2, -0.15) is 0 Å². The topological polar surface area (TPSA) is 58.6 Å². The molecule has 1 amide bonds. The number of hydrogen-bond acceptors (Lipinski definition) is 3. The molecule has 1 aromatic rings. The van der Waals surface area contributed by atoms with Crippen LogP contribution in [-0.4, -0.2) is 30.3 Å². The first-order chi connectivity index (χ1) is 9.26. The summed E-state index contributed by atoms with van der Waals surface area (Å²) in [6.45, 7) is 2.57. The van der Waals surface area contributed by atoms with Gasteiger partial charge in [-0.3, -0.25) is 4.79 Å². The van der Waals surface area contributed by atoms with Crippen molar-refractivity contribution in [1.29, 1.82) is 0 Å². The van der Waals surface area contributed by atoms with E-state index in [1.807, 2.05) is 37.3 Å². The summed E-state index contributed by atoms with van der Waals surface area (Å²) in [6, 6.07) is 9.19. The predicted molar refractivity (Wildman–Crippen MR) is 72.5 cm³/mol. The van der Waals surface area contributed by atoms with Gasteiger partial charge in [0.1, 0.15) is 0 Å². The Morgan fingerprint density at radius 3 is 2.84 bits per heavy atom. The quantitative estimate of drug-likeness (QED) is 0.849. The van der Waals surface area contributed by atoms with E-state index in [1.54, 1.807) is 0 Å². The van der Waals surface area contributed by atoms with E-state index in [0.29, 0.717) is 6.61 Å². The highest BCUT2D eigenvalue weighted by Gasteiger charge is 2.33. The summed E-state index contributed by atoms with van der Waals surface area (Å²) in [5.41, 5.74) is 0.922. The second-order valence-corrected chi connectivity index (χ2v) is 4.87. The average Bonchev–Trinajstić information content (AvgIpc) is 2.94. The van der Waals surface area contributed by atoms with Crippen molar-refractivity contribution < 1.29 is 14.6 Å². The van der Waals surface area contributed by atoms with Gasteiger partial charge in [-0.1, -0.05) is 37.3 Å². The van der Waals surface area contributed by atoms with Crippen LogP contribution in [0.4, 0.5) is 0 Å². The number of benzene rings is 1. The summed E-state index contributed by atoms with van der Waals surface area (Å²) in [5.74, 6) is -0.116. The zero-order valence-corrected chi connectivity index (χ0v) is 11.2. The normalized spacial score (nSPS) is 24.1. The van der Waals surface area contributed by atoms with Gasteiger partial charge in [0.15, 0.2) is 0 Å². The number of aliphatic hydroxyl groups is 1. The zero-order chi connectivity index (χ0) is 13.7. The molecule has 3 atom stereocenters. The molecule has 0 aromatic heterocycles. The number of amides is 1. The number of nitrogens with one attached hydrogen (secondary N) is 1. The Kier molecular flexibility index (Phi) is 4.93. The summed E-state index contributed by atoms with van der Waals surface area (Å²) >= 11 is 0. The number of carbonyl (C=O) groups is 1. The molecule has 0 aliphatic carbocycles. The van der Waals surface area contributed by atoms with Crippen molar-refractivity contribution in [3.05, 3.63) is 35.9 Å². The first-order valence-corrected chi connectivity index (χ1v) is 6.84. The second kappa shape index (κ2) is 6.68. The van der Waals surface area contributed by atoms with E-state index in [0.717, 1.165) is 18.4 Å². The lowest BCUT2D eigenvalue weighted by Gasteiger charge is -2.21. The first kappa shape index (κ1) is 14.0. The molecule has 2 N–H and O–H groups in total. The minimum Gasteiger partial charge on any atom is -0.394 e. The van der Waals surface area contributed by atoms with Crippen molar-refractivity contribution in [2.75, 3.05) is 13.2 Å². The lowest BCUT2D eigenvalue weighted by Crippen LogP contribution is -2.38. The van der Waals surface area contributed by atoms with Gasteiger partial charge in [-0.05, 0) is 18.4 Å². The van der Waals surface area contributed by atoms with E-state index < -0.39 is 0 Å². The Labute approximate surface area is 113 Å². The van der Waals surface area contributed by atoms with Crippen LogP contribution in [0.5, 0.6) is 0 Å². The van der Waals surface area contributed by atoms with Crippen LogP contribution in [0.1, 0.15) is 31.4 Å². The molecule has 0 spiro atoms. The molecule has 0 radical (unpaired) electrons. The molecule has 1 fully saturated rings. The SMILES string of the molecule is CCC1OCCC1C(=O)NC(CO)c1ccccc1. The summed E-state index contributed by atoms with van der Waals surface area (Å²) in [6.07, 6.45) is 1.61. The van der Waals surface area contributed by atoms with Crippen molar-refractivity contribution >= 4 is 5.91 Å². The standard InChI is InChI=1S/C15H21NO3/c1-2-14-12(8-9-19-14)15(18)16-13(10-17)11-6-4-3-5-7-11/h3-7,12-14,17H,2,8-10H2,1H3,(H,16,18). The molecule has 1 aliphatic heterocycles. The van der Waals surface area contributed by atoms with E-state index >= 15 is 0 Å². The van der Waals surface area contributed by atoms with Crippen molar-refractivity contribution in [2.45, 2.75) is 31.9 Å². The number of carbonyl (C=O) groups excluding carboxylic acids is 1. The van der Waals surface area contributed by atoms with Crippen molar-refractivity contribution in [2.24, 2.45) is 5.92 Å². The highest BCUT2D eigenvalue weighted by Crippen LogP contribution is 2.24. The Balaban J connectivity index is 2.00. The molecular formula is C15H21NO3. The molecule has 3 unspecified atom stereocenters. The average molecular weight is 263 g/mol. The van der Waals surface area contributed by atoms with Crippen molar-refractivity contribution in [3.63, 3.8) is 0 Å². The molecule has 1 aliphatic rings. The molecule has 0 saturated carbocycles. The van der Waals surface area contributed by atoms with Crippen molar-refractivity contribution in [3.8, 4) is 0 Å². The van der Waals surface area contributed by atoms with E-state index in [1.165, 1.54) is 0 Å². The van der Waals surface area contributed by atoms with Gasteiger partial charge in [0.25, 0.3) is 0 Å². The molecule has 4 nitrogen and oxygen atoms in total. The van der Waals surface area contributed by atoms with Crippen LogP contribution in [0.2, 0.25) is 0 Å². The molecule has 1 heterocycles. The maximum Gasteiger partial charge on any atom is 0.226 e. The van der Waals surface area contributed by atoms with E-state index in [9.17, 15) is 9.90 Å². The highest BCUT2D eigenvalue weighted by molar-refractivity contribution is 5.80. The lowest BCUT2D eigenvalue weighted by molar-refractivity contribution is -0.127. The lowest BCUT2D eigenvalue weighted by atomic mass is 9.97. The summed E-state index contributed by atoms with van der Waals surface area (Å²) in [7, 11) is 0. The van der Waals surface area contributed by atoms with Gasteiger partial charge in [0, 0.05) is 6.61 Å². The van der Waals surface area contributed by atoms with Crippen LogP contribution in [0.25, 0.3) is 0 Å². The van der Waals surface area contributed by atoms with Crippen LogP contribution >= 0.6 is 0 Å². The van der Waals surface area contributed by atoms with Gasteiger partial charge in [-0.15, -0.1) is 0 Å². The monoisotopic (exact) mass is 263 g/mol. The fraction of sp³-hybridized carbons (Fsp3) is 0.533. The van der Waals surface area contributed by atoms with E-state index in [2.05, 4.69) is 5.32 Å². The number of aliphatic hydroxyl groups excluding tert-OH is 1. The predicted octanol–water partition coefficient (Wildman–Crippen LogP) is 1.65. The Morgan fingerprint density at radius 1 is 1.47 bits per heavy atom. The molecule has 4 heteroatoms. The minimum atomic E-state index is -0.341. The van der Waals surface area contributed by atoms with E-state index in [4.69, 9.17) is 4.74 Å². The third kappa shape index (κ3) is 3.33. The van der Waals surface area contributed by atoms with Gasteiger partial charge < -0.3 is 15.2 Å². The molecule has 1 saturated heterocycles.